The van der Waals surface area contributed by atoms with Gasteiger partial charge in [-0.2, -0.15) is 5.10 Å². The molecule has 0 fully saturated rings. The van der Waals surface area contributed by atoms with Gasteiger partial charge in [0.15, 0.2) is 0 Å². The third-order valence-corrected chi connectivity index (χ3v) is 3.50. The normalized spacial score (nSPS) is 10.2. The number of H-pyrrole nitrogens is 1. The first-order valence-corrected chi connectivity index (χ1v) is 6.30. The molecule has 0 bridgehead atoms. The summed E-state index contributed by atoms with van der Waals surface area (Å²) in [5.41, 5.74) is 3.47. The highest BCUT2D eigenvalue weighted by Gasteiger charge is 2.02. The molecule has 17 heavy (non-hydrogen) atoms. The molecule has 2 rings (SSSR count). The Hall–Kier alpha value is -0.910. The Morgan fingerprint density at radius 3 is 2.82 bits per heavy atom. The van der Waals surface area contributed by atoms with E-state index < -0.39 is 0 Å². The van der Waals surface area contributed by atoms with Gasteiger partial charge in [-0.3, -0.25) is 5.10 Å². The minimum Gasteiger partial charge on any atom is -0.307 e. The van der Waals surface area contributed by atoms with Crippen molar-refractivity contribution in [1.82, 2.24) is 20.5 Å². The molecule has 2 aromatic heterocycles. The molecule has 94 valence electrons. The van der Waals surface area contributed by atoms with Gasteiger partial charge in [-0.25, -0.2) is 4.98 Å². The lowest BCUT2D eigenvalue weighted by molar-refractivity contribution is 0.678. The zero-order valence-electron chi connectivity index (χ0n) is 9.99. The van der Waals surface area contributed by atoms with Gasteiger partial charge in [0.05, 0.1) is 16.9 Å². The summed E-state index contributed by atoms with van der Waals surface area (Å²) >= 11 is 1.73. The summed E-state index contributed by atoms with van der Waals surface area (Å²) in [6.45, 7) is 5.81. The number of hydrogen-bond donors (Lipinski definition) is 2. The maximum absolute atomic E-state index is 4.50. The first kappa shape index (κ1) is 14.2. The van der Waals surface area contributed by atoms with E-state index in [4.69, 9.17) is 0 Å². The van der Waals surface area contributed by atoms with E-state index in [0.717, 1.165) is 30.9 Å². The van der Waals surface area contributed by atoms with Crippen LogP contribution in [0.2, 0.25) is 0 Å². The van der Waals surface area contributed by atoms with Gasteiger partial charge < -0.3 is 5.32 Å². The molecule has 0 radical (unpaired) electrons. The quantitative estimate of drug-likeness (QED) is 0.879. The van der Waals surface area contributed by atoms with E-state index >= 15 is 0 Å². The van der Waals surface area contributed by atoms with Crippen molar-refractivity contribution in [3.05, 3.63) is 33.5 Å². The minimum atomic E-state index is 0. The fraction of sp³-hybridized carbons (Fsp3) is 0.455. The number of hydrogen-bond acceptors (Lipinski definition) is 4. The van der Waals surface area contributed by atoms with E-state index in [1.807, 2.05) is 13.1 Å². The van der Waals surface area contributed by atoms with Gasteiger partial charge in [-0.1, -0.05) is 6.92 Å². The van der Waals surface area contributed by atoms with Crippen LogP contribution in [0, 0.1) is 6.92 Å². The number of aromatic amines is 1. The maximum atomic E-state index is 4.50. The van der Waals surface area contributed by atoms with Crippen LogP contribution in [0.1, 0.15) is 28.9 Å². The average molecular weight is 273 g/mol. The van der Waals surface area contributed by atoms with Gasteiger partial charge in [0.1, 0.15) is 0 Å². The van der Waals surface area contributed by atoms with Crippen molar-refractivity contribution in [1.29, 1.82) is 0 Å². The molecule has 0 aliphatic heterocycles. The highest BCUT2D eigenvalue weighted by atomic mass is 35.5. The maximum Gasteiger partial charge on any atom is 0.0926 e. The third kappa shape index (κ3) is 3.80. The second-order valence-corrected chi connectivity index (χ2v) is 4.65. The molecule has 6 heteroatoms. The second kappa shape index (κ2) is 6.74. The van der Waals surface area contributed by atoms with Crippen molar-refractivity contribution in [2.24, 2.45) is 0 Å². The summed E-state index contributed by atoms with van der Waals surface area (Å²) in [5.74, 6) is 0. The fourth-order valence-electron chi connectivity index (χ4n) is 1.47. The van der Waals surface area contributed by atoms with Crippen molar-refractivity contribution in [2.75, 3.05) is 0 Å². The summed E-state index contributed by atoms with van der Waals surface area (Å²) in [6, 6.07) is 0. The topological polar surface area (TPSA) is 53.6 Å². The largest absolute Gasteiger partial charge is 0.307 e. The SMILES string of the molecule is CCc1nc(CNCc2cn[nH]c2C)cs1.Cl. The van der Waals surface area contributed by atoms with Crippen molar-refractivity contribution < 1.29 is 0 Å². The van der Waals surface area contributed by atoms with Crippen LogP contribution < -0.4 is 5.32 Å². The molecular formula is C11H17ClN4S. The van der Waals surface area contributed by atoms with Crippen LogP contribution in [0.5, 0.6) is 0 Å². The van der Waals surface area contributed by atoms with Crippen molar-refractivity contribution in [2.45, 2.75) is 33.4 Å². The molecule has 0 saturated carbocycles. The van der Waals surface area contributed by atoms with Crippen LogP contribution in [0.25, 0.3) is 0 Å². The molecule has 0 saturated heterocycles. The van der Waals surface area contributed by atoms with Crippen LogP contribution in [0.3, 0.4) is 0 Å². The summed E-state index contributed by atoms with van der Waals surface area (Å²) in [4.78, 5) is 4.50. The molecule has 0 aromatic carbocycles. The Labute approximate surface area is 111 Å². The van der Waals surface area contributed by atoms with Gasteiger partial charge in [-0.15, -0.1) is 23.7 Å². The Kier molecular flexibility index (Phi) is 5.61. The number of aromatic nitrogens is 3. The average Bonchev–Trinajstić information content (AvgIpc) is 2.89. The molecule has 2 heterocycles. The molecule has 0 spiro atoms. The number of thiazole rings is 1. The summed E-state index contributed by atoms with van der Waals surface area (Å²) in [7, 11) is 0. The Morgan fingerprint density at radius 2 is 2.24 bits per heavy atom. The minimum absolute atomic E-state index is 0. The van der Waals surface area contributed by atoms with Crippen molar-refractivity contribution >= 4 is 23.7 Å². The lowest BCUT2D eigenvalue weighted by Gasteiger charge is -2.01. The predicted molar refractivity (Wildman–Crippen MR) is 72.6 cm³/mol. The number of rotatable bonds is 5. The van der Waals surface area contributed by atoms with E-state index in [2.05, 4.69) is 32.8 Å². The highest BCUT2D eigenvalue weighted by molar-refractivity contribution is 7.09. The standard InChI is InChI=1S/C11H16N4S.ClH/c1-3-11-14-10(7-16-11)6-12-4-9-5-13-15-8(9)2;/h5,7,12H,3-4,6H2,1-2H3,(H,13,15);1H. The summed E-state index contributed by atoms with van der Waals surface area (Å²) in [6.07, 6.45) is 2.88. The van der Waals surface area contributed by atoms with Crippen LogP contribution in [-0.4, -0.2) is 15.2 Å². The van der Waals surface area contributed by atoms with Gasteiger partial charge >= 0.3 is 0 Å². The van der Waals surface area contributed by atoms with Gasteiger partial charge in [0.2, 0.25) is 0 Å². The molecule has 2 N–H and O–H groups in total. The number of nitrogens with one attached hydrogen (secondary N) is 2. The Balaban J connectivity index is 0.00000144. The van der Waals surface area contributed by atoms with Gasteiger partial charge in [-0.05, 0) is 13.3 Å². The van der Waals surface area contributed by atoms with Crippen LogP contribution in [-0.2, 0) is 19.5 Å². The third-order valence-electron chi connectivity index (χ3n) is 2.46. The molecule has 0 unspecified atom stereocenters. The number of nitrogens with zero attached hydrogens (tertiary/aromatic N) is 2. The van der Waals surface area contributed by atoms with E-state index in [1.165, 1.54) is 10.6 Å². The second-order valence-electron chi connectivity index (χ2n) is 3.71. The summed E-state index contributed by atoms with van der Waals surface area (Å²) in [5, 5.41) is 13.6. The molecule has 0 amide bonds. The fourth-order valence-corrected chi connectivity index (χ4v) is 2.22. The zero-order chi connectivity index (χ0) is 11.4. The number of halogens is 1. The molecule has 0 atom stereocenters. The van der Waals surface area contributed by atoms with Crippen molar-refractivity contribution in [3.8, 4) is 0 Å². The Bertz CT molecular complexity index is 452. The molecule has 0 aliphatic rings. The first-order valence-electron chi connectivity index (χ1n) is 5.42. The van der Waals surface area contributed by atoms with Crippen molar-refractivity contribution in [3.63, 3.8) is 0 Å². The smallest absolute Gasteiger partial charge is 0.0926 e. The van der Waals surface area contributed by atoms with Gasteiger partial charge in [0.25, 0.3) is 0 Å². The molecule has 2 aromatic rings. The van der Waals surface area contributed by atoms with Crippen LogP contribution >= 0.6 is 23.7 Å². The van der Waals surface area contributed by atoms with E-state index in [1.54, 1.807) is 11.3 Å². The Morgan fingerprint density at radius 1 is 1.41 bits per heavy atom. The van der Waals surface area contributed by atoms with Crippen LogP contribution in [0.15, 0.2) is 11.6 Å². The lowest BCUT2D eigenvalue weighted by atomic mass is 10.2. The summed E-state index contributed by atoms with van der Waals surface area (Å²) < 4.78 is 0. The van der Waals surface area contributed by atoms with Crippen LogP contribution in [0.4, 0.5) is 0 Å². The van der Waals surface area contributed by atoms with Gasteiger partial charge in [0, 0.05) is 29.7 Å². The predicted octanol–water partition coefficient (Wildman–Crippen LogP) is 2.45. The zero-order valence-corrected chi connectivity index (χ0v) is 11.6. The molecular weight excluding hydrogens is 256 g/mol. The molecule has 4 nitrogen and oxygen atoms in total. The first-order chi connectivity index (χ1) is 7.79. The van der Waals surface area contributed by atoms with E-state index in [0.29, 0.717) is 0 Å². The van der Waals surface area contributed by atoms with E-state index in [9.17, 15) is 0 Å². The van der Waals surface area contributed by atoms with E-state index in [-0.39, 0.29) is 12.4 Å². The lowest BCUT2D eigenvalue weighted by Crippen LogP contribution is -2.13. The highest BCUT2D eigenvalue weighted by Crippen LogP contribution is 2.10. The number of aryl methyl sites for hydroxylation is 2. The molecule has 0 aliphatic carbocycles. The monoisotopic (exact) mass is 272 g/mol.